The maximum atomic E-state index is 13.8. The van der Waals surface area contributed by atoms with Gasteiger partial charge in [0.15, 0.2) is 5.82 Å². The zero-order valence-corrected chi connectivity index (χ0v) is 11.8. The highest BCUT2D eigenvalue weighted by atomic mass is 19.1. The third-order valence-electron chi connectivity index (χ3n) is 3.03. The predicted molar refractivity (Wildman–Crippen MR) is 79.2 cm³/mol. The Morgan fingerprint density at radius 1 is 1.10 bits per heavy atom. The van der Waals surface area contributed by atoms with Crippen molar-refractivity contribution in [3.8, 4) is 0 Å². The summed E-state index contributed by atoms with van der Waals surface area (Å²) in [5.41, 5.74) is 1.80. The van der Waals surface area contributed by atoms with Crippen molar-refractivity contribution in [2.45, 2.75) is 20.4 Å². The van der Waals surface area contributed by atoms with E-state index < -0.39 is 11.6 Å². The van der Waals surface area contributed by atoms with Crippen molar-refractivity contribution in [1.82, 2.24) is 0 Å². The molecule has 0 unspecified atom stereocenters. The molecule has 2 aromatic carbocycles. The fourth-order valence-electron chi connectivity index (χ4n) is 1.92. The second-order valence-corrected chi connectivity index (χ2v) is 4.78. The van der Waals surface area contributed by atoms with Crippen LogP contribution < -0.4 is 10.6 Å². The van der Waals surface area contributed by atoms with Crippen molar-refractivity contribution >= 4 is 17.3 Å². The average molecular weight is 290 g/mol. The van der Waals surface area contributed by atoms with E-state index in [-0.39, 0.29) is 18.1 Å². The first-order valence-corrected chi connectivity index (χ1v) is 6.52. The summed E-state index contributed by atoms with van der Waals surface area (Å²) >= 11 is 0. The lowest BCUT2D eigenvalue weighted by atomic mass is 10.1. The summed E-state index contributed by atoms with van der Waals surface area (Å²) < 4.78 is 27.4. The molecule has 0 spiro atoms. The molecule has 0 bridgehead atoms. The number of anilines is 2. The standard InChI is InChI=1S/C16H16F2N2O/c1-10-3-8-14(17)16(15(10)18)19-9-12-4-6-13(7-5-12)20-11(2)21/h3-8,19H,9H2,1-2H3,(H,20,21). The molecule has 0 radical (unpaired) electrons. The number of benzene rings is 2. The molecule has 0 saturated heterocycles. The first kappa shape index (κ1) is 15.0. The van der Waals surface area contributed by atoms with Crippen LogP contribution in [-0.2, 0) is 11.3 Å². The van der Waals surface area contributed by atoms with Crippen molar-refractivity contribution in [2.24, 2.45) is 0 Å². The lowest BCUT2D eigenvalue weighted by Crippen LogP contribution is -2.07. The minimum atomic E-state index is -0.618. The van der Waals surface area contributed by atoms with Crippen LogP contribution in [-0.4, -0.2) is 5.91 Å². The minimum Gasteiger partial charge on any atom is -0.376 e. The maximum absolute atomic E-state index is 13.8. The van der Waals surface area contributed by atoms with Gasteiger partial charge in [-0.05, 0) is 36.2 Å². The first-order chi connectivity index (χ1) is 9.97. The molecule has 21 heavy (non-hydrogen) atoms. The zero-order chi connectivity index (χ0) is 15.4. The number of hydrogen-bond donors (Lipinski definition) is 2. The van der Waals surface area contributed by atoms with Crippen molar-refractivity contribution in [2.75, 3.05) is 10.6 Å². The Kier molecular flexibility index (Phi) is 4.52. The number of amides is 1. The molecule has 2 aromatic rings. The molecule has 0 fully saturated rings. The van der Waals surface area contributed by atoms with E-state index in [1.54, 1.807) is 31.2 Å². The average Bonchev–Trinajstić information content (AvgIpc) is 2.44. The van der Waals surface area contributed by atoms with E-state index in [0.29, 0.717) is 11.3 Å². The zero-order valence-electron chi connectivity index (χ0n) is 11.8. The SMILES string of the molecule is CC(=O)Nc1ccc(CNc2c(F)ccc(C)c2F)cc1. The van der Waals surface area contributed by atoms with Gasteiger partial charge in [0, 0.05) is 19.2 Å². The van der Waals surface area contributed by atoms with Gasteiger partial charge < -0.3 is 10.6 Å². The predicted octanol–water partition coefficient (Wildman–Crippen LogP) is 3.84. The van der Waals surface area contributed by atoms with Gasteiger partial charge in [-0.3, -0.25) is 4.79 Å². The van der Waals surface area contributed by atoms with Gasteiger partial charge in [0.25, 0.3) is 0 Å². The second-order valence-electron chi connectivity index (χ2n) is 4.78. The Morgan fingerprint density at radius 2 is 1.76 bits per heavy atom. The molecule has 5 heteroatoms. The summed E-state index contributed by atoms with van der Waals surface area (Å²) in [6.07, 6.45) is 0. The number of carbonyl (C=O) groups excluding carboxylic acids is 1. The number of hydrogen-bond acceptors (Lipinski definition) is 2. The maximum Gasteiger partial charge on any atom is 0.221 e. The summed E-state index contributed by atoms with van der Waals surface area (Å²) in [6, 6.07) is 9.68. The number of carbonyl (C=O) groups is 1. The van der Waals surface area contributed by atoms with Crippen molar-refractivity contribution in [3.63, 3.8) is 0 Å². The molecule has 2 N–H and O–H groups in total. The van der Waals surface area contributed by atoms with Crippen LogP contribution in [0.15, 0.2) is 36.4 Å². The molecular weight excluding hydrogens is 274 g/mol. The van der Waals surface area contributed by atoms with Gasteiger partial charge in [-0.1, -0.05) is 18.2 Å². The molecule has 1 amide bonds. The van der Waals surface area contributed by atoms with Crippen LogP contribution in [0.4, 0.5) is 20.2 Å². The number of nitrogens with one attached hydrogen (secondary N) is 2. The highest BCUT2D eigenvalue weighted by Gasteiger charge is 2.10. The Morgan fingerprint density at radius 3 is 2.38 bits per heavy atom. The molecule has 0 atom stereocenters. The van der Waals surface area contributed by atoms with E-state index in [9.17, 15) is 13.6 Å². The van der Waals surface area contributed by atoms with E-state index in [1.807, 2.05) is 0 Å². The third kappa shape index (κ3) is 3.78. The first-order valence-electron chi connectivity index (χ1n) is 6.52. The normalized spacial score (nSPS) is 10.3. The second kappa shape index (κ2) is 6.35. The fraction of sp³-hybridized carbons (Fsp3) is 0.188. The lowest BCUT2D eigenvalue weighted by molar-refractivity contribution is -0.114. The van der Waals surface area contributed by atoms with E-state index >= 15 is 0 Å². The molecule has 0 heterocycles. The van der Waals surface area contributed by atoms with Crippen molar-refractivity contribution in [1.29, 1.82) is 0 Å². The van der Waals surface area contributed by atoms with E-state index in [1.165, 1.54) is 19.1 Å². The molecule has 0 saturated carbocycles. The molecule has 110 valence electrons. The topological polar surface area (TPSA) is 41.1 Å². The number of rotatable bonds is 4. The van der Waals surface area contributed by atoms with Crippen molar-refractivity contribution in [3.05, 3.63) is 59.2 Å². The Balaban J connectivity index is 2.07. The van der Waals surface area contributed by atoms with Crippen LogP contribution in [0.1, 0.15) is 18.1 Å². The van der Waals surface area contributed by atoms with Gasteiger partial charge >= 0.3 is 0 Å². The molecule has 0 aliphatic rings. The number of aryl methyl sites for hydroxylation is 1. The van der Waals surface area contributed by atoms with Crippen LogP contribution in [0.5, 0.6) is 0 Å². The van der Waals surface area contributed by atoms with Gasteiger partial charge in [0.1, 0.15) is 11.5 Å². The van der Waals surface area contributed by atoms with E-state index in [4.69, 9.17) is 0 Å². The van der Waals surface area contributed by atoms with E-state index in [2.05, 4.69) is 10.6 Å². The third-order valence-corrected chi connectivity index (χ3v) is 3.03. The summed E-state index contributed by atoms with van der Waals surface area (Å²) in [5, 5.41) is 5.41. The fourth-order valence-corrected chi connectivity index (χ4v) is 1.92. The Bertz CT molecular complexity index is 654. The molecule has 0 aromatic heterocycles. The lowest BCUT2D eigenvalue weighted by Gasteiger charge is -2.11. The monoisotopic (exact) mass is 290 g/mol. The Hall–Kier alpha value is -2.43. The van der Waals surface area contributed by atoms with Crippen LogP contribution in [0.25, 0.3) is 0 Å². The van der Waals surface area contributed by atoms with E-state index in [0.717, 1.165) is 5.56 Å². The van der Waals surface area contributed by atoms with Gasteiger partial charge in [-0.2, -0.15) is 0 Å². The van der Waals surface area contributed by atoms with Gasteiger partial charge in [-0.25, -0.2) is 8.78 Å². The van der Waals surface area contributed by atoms with Crippen molar-refractivity contribution < 1.29 is 13.6 Å². The summed E-state index contributed by atoms with van der Waals surface area (Å²) in [6.45, 7) is 3.30. The van der Waals surface area contributed by atoms with Crippen LogP contribution in [0, 0.1) is 18.6 Å². The summed E-state index contributed by atoms with van der Waals surface area (Å²) in [7, 11) is 0. The summed E-state index contributed by atoms with van der Waals surface area (Å²) in [5.74, 6) is -1.34. The number of halogens is 2. The summed E-state index contributed by atoms with van der Waals surface area (Å²) in [4.78, 5) is 10.9. The highest BCUT2D eigenvalue weighted by molar-refractivity contribution is 5.88. The van der Waals surface area contributed by atoms with Gasteiger partial charge in [-0.15, -0.1) is 0 Å². The van der Waals surface area contributed by atoms with Gasteiger partial charge in [0.2, 0.25) is 5.91 Å². The molecule has 3 nitrogen and oxygen atoms in total. The van der Waals surface area contributed by atoms with Crippen LogP contribution in [0.2, 0.25) is 0 Å². The van der Waals surface area contributed by atoms with Crippen LogP contribution in [0.3, 0.4) is 0 Å². The minimum absolute atomic E-state index is 0.124. The molecule has 0 aliphatic heterocycles. The highest BCUT2D eigenvalue weighted by Crippen LogP contribution is 2.22. The molecular formula is C16H16F2N2O. The molecule has 0 aliphatic carbocycles. The Labute approximate surface area is 122 Å². The molecule has 2 rings (SSSR count). The smallest absolute Gasteiger partial charge is 0.221 e. The quantitative estimate of drug-likeness (QED) is 0.898. The largest absolute Gasteiger partial charge is 0.376 e. The van der Waals surface area contributed by atoms with Gasteiger partial charge in [0.05, 0.1) is 0 Å². The van der Waals surface area contributed by atoms with Crippen LogP contribution >= 0.6 is 0 Å².